The summed E-state index contributed by atoms with van der Waals surface area (Å²) < 4.78 is 0. The van der Waals surface area contributed by atoms with Gasteiger partial charge in [0.2, 0.25) is 5.91 Å². The highest BCUT2D eigenvalue weighted by Crippen LogP contribution is 2.17. The smallest absolute Gasteiger partial charge is 0.222 e. The van der Waals surface area contributed by atoms with E-state index in [1.807, 2.05) is 34.9 Å². The van der Waals surface area contributed by atoms with E-state index in [1.54, 1.807) is 7.05 Å². The molecular weight excluding hydrogens is 495 g/mol. The Bertz CT molecular complexity index is 800. The van der Waals surface area contributed by atoms with Crippen LogP contribution >= 0.6 is 35.7 Å². The summed E-state index contributed by atoms with van der Waals surface area (Å²) in [6.45, 7) is 3.08. The lowest BCUT2D eigenvalue weighted by molar-refractivity contribution is -0.128. The molecule has 3 rings (SSSR count). The fraction of sp³-hybridized carbons (Fsp3) is 0.364. The third-order valence-electron chi connectivity index (χ3n) is 4.73. The van der Waals surface area contributed by atoms with Crippen LogP contribution in [0.5, 0.6) is 0 Å². The molecule has 2 aromatic rings. The van der Waals surface area contributed by atoms with Gasteiger partial charge in [-0.1, -0.05) is 42.5 Å². The maximum absolute atomic E-state index is 11.9. The number of rotatable bonds is 8. The zero-order valence-corrected chi connectivity index (χ0v) is 19.9. The number of halogens is 1. The number of hydrogen-bond acceptors (Lipinski definition) is 3. The van der Waals surface area contributed by atoms with Gasteiger partial charge in [-0.2, -0.15) is 0 Å². The van der Waals surface area contributed by atoms with Crippen LogP contribution in [0.1, 0.15) is 24.0 Å². The number of carbonyl (C=O) groups is 1. The van der Waals surface area contributed by atoms with Crippen LogP contribution in [0.3, 0.4) is 0 Å². The van der Waals surface area contributed by atoms with Gasteiger partial charge in [0.15, 0.2) is 5.96 Å². The number of carbonyl (C=O) groups excluding carboxylic acids is 1. The van der Waals surface area contributed by atoms with E-state index < -0.39 is 0 Å². The molecule has 29 heavy (non-hydrogen) atoms. The van der Waals surface area contributed by atoms with Gasteiger partial charge in [0, 0.05) is 50.3 Å². The van der Waals surface area contributed by atoms with Crippen molar-refractivity contribution in [3.63, 3.8) is 0 Å². The third kappa shape index (κ3) is 7.54. The van der Waals surface area contributed by atoms with Crippen LogP contribution in [-0.4, -0.2) is 42.7 Å². The molecule has 0 bridgehead atoms. The van der Waals surface area contributed by atoms with Crippen molar-refractivity contribution in [1.29, 1.82) is 0 Å². The lowest BCUT2D eigenvalue weighted by atomic mass is 10.1. The molecule has 2 aromatic carbocycles. The van der Waals surface area contributed by atoms with E-state index in [1.165, 1.54) is 16.0 Å². The lowest BCUT2D eigenvalue weighted by Gasteiger charge is -2.19. The van der Waals surface area contributed by atoms with Crippen LogP contribution in [-0.2, 0) is 17.9 Å². The van der Waals surface area contributed by atoms with Crippen molar-refractivity contribution in [1.82, 2.24) is 15.5 Å². The number of benzene rings is 2. The number of thioether (sulfide) groups is 1. The summed E-state index contributed by atoms with van der Waals surface area (Å²) in [5.41, 5.74) is 2.39. The first-order valence-electron chi connectivity index (χ1n) is 9.73. The summed E-state index contributed by atoms with van der Waals surface area (Å²) in [6, 6.07) is 18.7. The van der Waals surface area contributed by atoms with Gasteiger partial charge in [-0.3, -0.25) is 9.79 Å². The van der Waals surface area contributed by atoms with Crippen molar-refractivity contribution < 1.29 is 4.79 Å². The van der Waals surface area contributed by atoms with Gasteiger partial charge in [0.1, 0.15) is 0 Å². The second kappa shape index (κ2) is 12.7. The van der Waals surface area contributed by atoms with Crippen molar-refractivity contribution >= 4 is 47.6 Å². The predicted octanol–water partition coefficient (Wildman–Crippen LogP) is 3.88. The second-order valence-electron chi connectivity index (χ2n) is 6.70. The van der Waals surface area contributed by atoms with Gasteiger partial charge in [-0.05, 0) is 29.7 Å². The Balaban J connectivity index is 0.00000300. The second-order valence-corrected chi connectivity index (χ2v) is 7.87. The number of likely N-dealkylation sites (tertiary alicyclic amines) is 1. The molecule has 5 nitrogen and oxygen atoms in total. The van der Waals surface area contributed by atoms with E-state index in [9.17, 15) is 4.79 Å². The zero-order chi connectivity index (χ0) is 19.6. The van der Waals surface area contributed by atoms with Crippen LogP contribution in [0.4, 0.5) is 0 Å². The monoisotopic (exact) mass is 524 g/mol. The Morgan fingerprint density at radius 1 is 1.07 bits per heavy atom. The number of nitrogens with zero attached hydrogens (tertiary/aromatic N) is 2. The Morgan fingerprint density at radius 3 is 2.48 bits per heavy atom. The Labute approximate surface area is 194 Å². The number of aliphatic imine (C=N–C) groups is 1. The Hall–Kier alpha value is -1.74. The van der Waals surface area contributed by atoms with E-state index in [0.717, 1.165) is 31.2 Å². The van der Waals surface area contributed by atoms with Gasteiger partial charge >= 0.3 is 0 Å². The van der Waals surface area contributed by atoms with Crippen molar-refractivity contribution in [3.8, 4) is 0 Å². The molecule has 1 heterocycles. The largest absolute Gasteiger partial charge is 0.356 e. The molecule has 1 amide bonds. The number of guanidine groups is 1. The minimum absolute atomic E-state index is 0. The van der Waals surface area contributed by atoms with Gasteiger partial charge in [0.05, 0.1) is 0 Å². The first-order valence-corrected chi connectivity index (χ1v) is 10.7. The molecule has 1 fully saturated rings. The molecule has 1 aliphatic heterocycles. The molecule has 0 atom stereocenters. The minimum Gasteiger partial charge on any atom is -0.356 e. The molecule has 0 aliphatic carbocycles. The number of nitrogens with one attached hydrogen (secondary N) is 2. The van der Waals surface area contributed by atoms with Crippen LogP contribution < -0.4 is 10.6 Å². The van der Waals surface area contributed by atoms with Crippen LogP contribution in [0.15, 0.2) is 64.5 Å². The molecule has 2 N–H and O–H groups in total. The predicted molar refractivity (Wildman–Crippen MR) is 132 cm³/mol. The van der Waals surface area contributed by atoms with E-state index in [4.69, 9.17) is 0 Å². The van der Waals surface area contributed by atoms with E-state index >= 15 is 0 Å². The van der Waals surface area contributed by atoms with E-state index in [-0.39, 0.29) is 29.9 Å². The third-order valence-corrected chi connectivity index (χ3v) is 5.74. The molecule has 1 saturated heterocycles. The van der Waals surface area contributed by atoms with Crippen LogP contribution in [0.2, 0.25) is 0 Å². The first-order chi connectivity index (χ1) is 13.8. The average molecular weight is 524 g/mol. The molecule has 0 saturated carbocycles. The highest BCUT2D eigenvalue weighted by atomic mass is 127. The molecule has 0 aromatic heterocycles. The molecular formula is C22H29IN4OS. The standard InChI is InChI=1S/C22H28N4OS.HI/c1-23-22(24-13-15-28-20-10-3-2-4-11-20)25-16-18-8-5-6-9-19(18)17-26-14-7-12-21(26)27;/h2-6,8-11H,7,12-17H2,1H3,(H2,23,24,25);1H. The first kappa shape index (κ1) is 23.5. The summed E-state index contributed by atoms with van der Waals surface area (Å²) in [5.74, 6) is 2.02. The Morgan fingerprint density at radius 2 is 1.79 bits per heavy atom. The van der Waals surface area contributed by atoms with E-state index in [2.05, 4.69) is 52.0 Å². The van der Waals surface area contributed by atoms with Crippen molar-refractivity contribution in [2.75, 3.05) is 25.9 Å². The topological polar surface area (TPSA) is 56.7 Å². The Kier molecular flexibility index (Phi) is 10.3. The highest BCUT2D eigenvalue weighted by molar-refractivity contribution is 14.0. The SMILES string of the molecule is CN=C(NCCSc1ccccc1)NCc1ccccc1CN1CCCC1=O.I. The van der Waals surface area contributed by atoms with Crippen molar-refractivity contribution in [2.45, 2.75) is 30.8 Å². The zero-order valence-electron chi connectivity index (χ0n) is 16.8. The normalized spacial score (nSPS) is 13.9. The molecule has 0 radical (unpaired) electrons. The van der Waals surface area contributed by atoms with Crippen molar-refractivity contribution in [2.24, 2.45) is 4.99 Å². The van der Waals surface area contributed by atoms with Gasteiger partial charge in [-0.25, -0.2) is 0 Å². The number of hydrogen-bond donors (Lipinski definition) is 2. The van der Waals surface area contributed by atoms with E-state index in [0.29, 0.717) is 19.5 Å². The molecule has 0 spiro atoms. The molecule has 7 heteroatoms. The summed E-state index contributed by atoms with van der Waals surface area (Å²) in [4.78, 5) is 19.5. The fourth-order valence-corrected chi connectivity index (χ4v) is 4.01. The fourth-order valence-electron chi connectivity index (χ4n) is 3.22. The average Bonchev–Trinajstić information content (AvgIpc) is 3.14. The maximum Gasteiger partial charge on any atom is 0.222 e. The summed E-state index contributed by atoms with van der Waals surface area (Å²) in [7, 11) is 1.79. The lowest BCUT2D eigenvalue weighted by Crippen LogP contribution is -2.38. The number of amides is 1. The molecule has 156 valence electrons. The van der Waals surface area contributed by atoms with Gasteiger partial charge < -0.3 is 15.5 Å². The van der Waals surface area contributed by atoms with Crippen LogP contribution in [0, 0.1) is 0 Å². The van der Waals surface area contributed by atoms with Crippen LogP contribution in [0.25, 0.3) is 0 Å². The van der Waals surface area contributed by atoms with Crippen molar-refractivity contribution in [3.05, 3.63) is 65.7 Å². The summed E-state index contributed by atoms with van der Waals surface area (Å²) in [5, 5.41) is 6.75. The quantitative estimate of drug-likeness (QED) is 0.181. The molecule has 0 unspecified atom stereocenters. The van der Waals surface area contributed by atoms with Gasteiger partial charge in [-0.15, -0.1) is 35.7 Å². The molecule has 1 aliphatic rings. The summed E-state index contributed by atoms with van der Waals surface area (Å²) in [6.07, 6.45) is 1.65. The maximum atomic E-state index is 11.9. The van der Waals surface area contributed by atoms with Gasteiger partial charge in [0.25, 0.3) is 0 Å². The minimum atomic E-state index is 0. The highest BCUT2D eigenvalue weighted by Gasteiger charge is 2.20. The summed E-state index contributed by atoms with van der Waals surface area (Å²) >= 11 is 1.83.